The lowest BCUT2D eigenvalue weighted by Crippen LogP contribution is -2.51. The van der Waals surface area contributed by atoms with Gasteiger partial charge in [0, 0.05) is 5.92 Å². The van der Waals surface area contributed by atoms with Crippen LogP contribution in [0.2, 0.25) is 0 Å². The molecule has 1 aromatic rings. The number of hydrogen-bond acceptors (Lipinski definition) is 6. The molecule has 1 atom stereocenters. The van der Waals surface area contributed by atoms with E-state index in [1.54, 1.807) is 6.92 Å². The summed E-state index contributed by atoms with van der Waals surface area (Å²) in [5.41, 5.74) is -0.709. The van der Waals surface area contributed by atoms with Crippen LogP contribution in [0.25, 0.3) is 0 Å². The van der Waals surface area contributed by atoms with Gasteiger partial charge >= 0.3 is 0 Å². The minimum absolute atomic E-state index is 0.144. The van der Waals surface area contributed by atoms with Crippen LogP contribution < -0.4 is 11.2 Å². The third kappa shape index (κ3) is 3.44. The van der Waals surface area contributed by atoms with Crippen LogP contribution >= 0.6 is 11.8 Å². The molecule has 2 aliphatic rings. The molecular weight excluding hydrogens is 312 g/mol. The summed E-state index contributed by atoms with van der Waals surface area (Å²) in [6, 6.07) is 2.31. The van der Waals surface area contributed by atoms with Crippen LogP contribution in [-0.2, 0) is 4.79 Å². The Kier molecular flexibility index (Phi) is 4.48. The highest BCUT2D eigenvalue weighted by molar-refractivity contribution is 8.00. The van der Waals surface area contributed by atoms with Gasteiger partial charge in [-0.2, -0.15) is 5.26 Å². The van der Waals surface area contributed by atoms with Gasteiger partial charge in [0.15, 0.2) is 5.82 Å². The van der Waals surface area contributed by atoms with Crippen LogP contribution in [0.4, 0.5) is 0 Å². The van der Waals surface area contributed by atoms with Crippen molar-refractivity contribution in [3.63, 3.8) is 0 Å². The number of nitrogens with zero attached hydrogens (tertiary/aromatic N) is 4. The molecule has 0 saturated heterocycles. The smallest absolute Gasteiger partial charge is 0.234 e. The Balaban J connectivity index is 1.62. The Bertz CT molecular complexity index is 626. The van der Waals surface area contributed by atoms with E-state index in [9.17, 15) is 10.1 Å². The molecule has 0 bridgehead atoms. The van der Waals surface area contributed by atoms with E-state index >= 15 is 0 Å². The topological polar surface area (TPSA) is 110 Å². The maximum absolute atomic E-state index is 12.5. The number of hydrogen-bond donors (Lipinski definition) is 2. The predicted octanol–water partition coefficient (Wildman–Crippen LogP) is 1.69. The van der Waals surface area contributed by atoms with Crippen molar-refractivity contribution in [2.75, 3.05) is 5.84 Å². The van der Waals surface area contributed by atoms with Gasteiger partial charge < -0.3 is 11.2 Å². The molecule has 3 rings (SSSR count). The van der Waals surface area contributed by atoms with E-state index in [2.05, 4.69) is 21.6 Å². The highest BCUT2D eigenvalue weighted by Crippen LogP contribution is 2.39. The minimum Gasteiger partial charge on any atom is -0.337 e. The molecule has 1 aromatic heterocycles. The summed E-state index contributed by atoms with van der Waals surface area (Å²) in [6.45, 7) is 1.80. The van der Waals surface area contributed by atoms with E-state index in [1.807, 2.05) is 0 Å². The van der Waals surface area contributed by atoms with Gasteiger partial charge in [-0.15, -0.1) is 10.2 Å². The quantitative estimate of drug-likeness (QED) is 0.626. The first-order valence-electron chi connectivity index (χ1n) is 8.15. The first-order valence-corrected chi connectivity index (χ1v) is 9.03. The summed E-state index contributed by atoms with van der Waals surface area (Å²) >= 11 is 1.28. The fourth-order valence-electron chi connectivity index (χ4n) is 2.96. The number of amides is 1. The summed E-state index contributed by atoms with van der Waals surface area (Å²) in [4.78, 5) is 12.5. The van der Waals surface area contributed by atoms with Crippen LogP contribution in [0.5, 0.6) is 0 Å². The average Bonchev–Trinajstić information content (AvgIpc) is 3.33. The van der Waals surface area contributed by atoms with E-state index in [-0.39, 0.29) is 11.2 Å². The highest BCUT2D eigenvalue weighted by atomic mass is 32.2. The zero-order chi connectivity index (χ0) is 16.4. The molecule has 124 valence electrons. The van der Waals surface area contributed by atoms with Crippen molar-refractivity contribution in [3.05, 3.63) is 5.82 Å². The van der Waals surface area contributed by atoms with E-state index in [1.165, 1.54) is 16.4 Å². The molecule has 2 saturated carbocycles. The van der Waals surface area contributed by atoms with Gasteiger partial charge in [-0.25, -0.2) is 4.68 Å². The van der Waals surface area contributed by atoms with E-state index in [4.69, 9.17) is 5.84 Å². The molecule has 8 heteroatoms. The maximum atomic E-state index is 12.5. The SMILES string of the molecule is C[C@@H](Sc1nnc(C2CC2)n1N)C(=O)NC1(C#N)CCCCC1. The Morgan fingerprint density at radius 3 is 2.74 bits per heavy atom. The number of thioether (sulfide) groups is 1. The number of nitrogen functional groups attached to an aromatic ring is 1. The van der Waals surface area contributed by atoms with Crippen LogP contribution in [0.1, 0.15) is 63.6 Å². The lowest BCUT2D eigenvalue weighted by molar-refractivity contribution is -0.121. The molecule has 0 spiro atoms. The molecule has 1 amide bonds. The number of carbonyl (C=O) groups is 1. The number of carbonyl (C=O) groups excluding carboxylic acids is 1. The number of nitrogens with one attached hydrogen (secondary N) is 1. The van der Waals surface area contributed by atoms with E-state index < -0.39 is 5.54 Å². The van der Waals surface area contributed by atoms with Gasteiger partial charge in [0.2, 0.25) is 11.1 Å². The van der Waals surface area contributed by atoms with Crippen LogP contribution in [0.15, 0.2) is 5.16 Å². The lowest BCUT2D eigenvalue weighted by Gasteiger charge is -2.32. The highest BCUT2D eigenvalue weighted by Gasteiger charge is 2.35. The van der Waals surface area contributed by atoms with Crippen molar-refractivity contribution >= 4 is 17.7 Å². The van der Waals surface area contributed by atoms with Crippen molar-refractivity contribution in [2.45, 2.75) is 73.7 Å². The molecule has 2 aliphatic carbocycles. The van der Waals surface area contributed by atoms with Gasteiger partial charge in [-0.05, 0) is 32.6 Å². The van der Waals surface area contributed by atoms with Gasteiger partial charge in [0.05, 0.1) is 11.3 Å². The summed E-state index contributed by atoms with van der Waals surface area (Å²) < 4.78 is 1.49. The Hall–Kier alpha value is -1.75. The molecule has 23 heavy (non-hydrogen) atoms. The Morgan fingerprint density at radius 1 is 1.43 bits per heavy atom. The van der Waals surface area contributed by atoms with Crippen LogP contribution in [0, 0.1) is 11.3 Å². The first-order chi connectivity index (χ1) is 11.0. The first kappa shape index (κ1) is 16.1. The fraction of sp³-hybridized carbons (Fsp3) is 0.733. The summed E-state index contributed by atoms with van der Waals surface area (Å²) in [6.07, 6.45) is 6.75. The standard InChI is InChI=1S/C15H22N6OS/c1-10(13(22)18-15(9-16)7-3-2-4-8-15)23-14-20-19-12(21(14)17)11-5-6-11/h10-11H,2-8,17H2,1H3,(H,18,22)/t10-/m1/s1. The number of nitriles is 1. The van der Waals surface area contributed by atoms with Gasteiger partial charge in [-0.1, -0.05) is 31.0 Å². The molecule has 1 heterocycles. The Labute approximate surface area is 140 Å². The van der Waals surface area contributed by atoms with Crippen LogP contribution in [0.3, 0.4) is 0 Å². The normalized spacial score (nSPS) is 21.4. The van der Waals surface area contributed by atoms with Gasteiger partial charge in [0.1, 0.15) is 5.54 Å². The zero-order valence-corrected chi connectivity index (χ0v) is 14.1. The summed E-state index contributed by atoms with van der Waals surface area (Å²) in [5.74, 6) is 7.08. The largest absolute Gasteiger partial charge is 0.337 e. The molecule has 7 nitrogen and oxygen atoms in total. The second-order valence-corrected chi connectivity index (χ2v) is 7.80. The van der Waals surface area contributed by atoms with E-state index in [0.29, 0.717) is 11.1 Å². The van der Waals surface area contributed by atoms with Crippen molar-refractivity contribution in [1.29, 1.82) is 5.26 Å². The number of nitrogens with two attached hydrogens (primary N) is 1. The van der Waals surface area contributed by atoms with Gasteiger partial charge in [0.25, 0.3) is 0 Å². The minimum atomic E-state index is -0.709. The molecule has 0 radical (unpaired) electrons. The van der Waals surface area contributed by atoms with Crippen molar-refractivity contribution in [2.24, 2.45) is 0 Å². The van der Waals surface area contributed by atoms with E-state index in [0.717, 1.165) is 50.8 Å². The second kappa shape index (κ2) is 6.40. The zero-order valence-electron chi connectivity index (χ0n) is 13.3. The van der Waals surface area contributed by atoms with Crippen molar-refractivity contribution < 1.29 is 4.79 Å². The monoisotopic (exact) mass is 334 g/mol. The van der Waals surface area contributed by atoms with Crippen LogP contribution in [-0.4, -0.2) is 31.6 Å². The van der Waals surface area contributed by atoms with Gasteiger partial charge in [-0.3, -0.25) is 4.79 Å². The second-order valence-electron chi connectivity index (χ2n) is 6.49. The molecular formula is C15H22N6OS. The maximum Gasteiger partial charge on any atom is 0.234 e. The third-order valence-corrected chi connectivity index (χ3v) is 5.63. The average molecular weight is 334 g/mol. The molecule has 0 unspecified atom stereocenters. The fourth-order valence-corrected chi connectivity index (χ4v) is 3.74. The van der Waals surface area contributed by atoms with Crippen molar-refractivity contribution in [1.82, 2.24) is 20.2 Å². The number of rotatable bonds is 5. The molecule has 0 aromatic carbocycles. The molecule has 0 aliphatic heterocycles. The predicted molar refractivity (Wildman–Crippen MR) is 87.0 cm³/mol. The van der Waals surface area contributed by atoms with Crippen molar-refractivity contribution in [3.8, 4) is 6.07 Å². The third-order valence-electron chi connectivity index (χ3n) is 4.57. The summed E-state index contributed by atoms with van der Waals surface area (Å²) in [5, 5.41) is 20.8. The summed E-state index contributed by atoms with van der Waals surface area (Å²) in [7, 11) is 0. The number of aromatic nitrogens is 3. The molecule has 3 N–H and O–H groups in total. The molecule has 2 fully saturated rings. The lowest BCUT2D eigenvalue weighted by atomic mass is 9.83. The Morgan fingerprint density at radius 2 is 2.13 bits per heavy atom.